The maximum Gasteiger partial charge on any atom is 0.143 e. The van der Waals surface area contributed by atoms with Crippen LogP contribution in [0.1, 0.15) is 0 Å². The second kappa shape index (κ2) is 11.2. The number of anilines is 3. The second-order valence-electron chi connectivity index (χ2n) is 12.4. The number of nitrogens with zero attached hydrogens (tertiary/aromatic N) is 1. The molecule has 0 saturated carbocycles. The summed E-state index contributed by atoms with van der Waals surface area (Å²) in [6.07, 6.45) is 0. The lowest BCUT2D eigenvalue weighted by molar-refractivity contribution is 0.673. The Hall–Kier alpha value is -6.16. The number of fused-ring (bicyclic) bond motifs is 8. The number of thiophene rings is 1. The summed E-state index contributed by atoms with van der Waals surface area (Å²) in [6.45, 7) is 0. The van der Waals surface area contributed by atoms with Gasteiger partial charge in [0.15, 0.2) is 0 Å². The Bertz CT molecular complexity index is 2840. The van der Waals surface area contributed by atoms with E-state index in [0.717, 1.165) is 55.5 Å². The van der Waals surface area contributed by atoms with Crippen LogP contribution in [0.15, 0.2) is 180 Å². The average molecular weight is 644 g/mol. The van der Waals surface area contributed by atoms with E-state index in [2.05, 4.69) is 181 Å². The fraction of sp³-hybridized carbons (Fsp3) is 0. The molecule has 0 aliphatic rings. The summed E-state index contributed by atoms with van der Waals surface area (Å²) in [7, 11) is 0. The largest absolute Gasteiger partial charge is 0.455 e. The summed E-state index contributed by atoms with van der Waals surface area (Å²) in [4.78, 5) is 2.48. The molecule has 0 saturated heterocycles. The van der Waals surface area contributed by atoms with E-state index in [1.54, 1.807) is 0 Å². The molecule has 0 N–H and O–H groups in total. The van der Waals surface area contributed by atoms with Gasteiger partial charge in [-0.05, 0) is 52.9 Å². The minimum absolute atomic E-state index is 0.890. The van der Waals surface area contributed by atoms with Gasteiger partial charge in [-0.25, -0.2) is 0 Å². The quantitative estimate of drug-likeness (QED) is 0.186. The Morgan fingerprint density at radius 2 is 1.04 bits per heavy atom. The van der Waals surface area contributed by atoms with Gasteiger partial charge >= 0.3 is 0 Å². The first-order valence-electron chi connectivity index (χ1n) is 16.6. The topological polar surface area (TPSA) is 16.4 Å². The van der Waals surface area contributed by atoms with Crippen LogP contribution in [0.3, 0.4) is 0 Å². The van der Waals surface area contributed by atoms with Gasteiger partial charge in [0.25, 0.3) is 0 Å². The van der Waals surface area contributed by atoms with Crippen LogP contribution >= 0.6 is 11.3 Å². The monoisotopic (exact) mass is 643 g/mol. The number of rotatable bonds is 5. The van der Waals surface area contributed by atoms with E-state index in [1.807, 2.05) is 11.3 Å². The van der Waals surface area contributed by atoms with Crippen molar-refractivity contribution in [1.29, 1.82) is 0 Å². The molecule has 10 aromatic rings. The van der Waals surface area contributed by atoms with E-state index in [-0.39, 0.29) is 0 Å². The summed E-state index contributed by atoms with van der Waals surface area (Å²) in [6, 6.07) is 63.1. The third-order valence-corrected chi connectivity index (χ3v) is 10.9. The summed E-state index contributed by atoms with van der Waals surface area (Å²) >= 11 is 1.86. The molecule has 0 aliphatic heterocycles. The normalized spacial score (nSPS) is 11.7. The van der Waals surface area contributed by atoms with Crippen molar-refractivity contribution >= 4 is 81.3 Å². The molecule has 0 aliphatic carbocycles. The first-order valence-corrected chi connectivity index (χ1v) is 17.4. The van der Waals surface area contributed by atoms with Crippen molar-refractivity contribution in [3.05, 3.63) is 176 Å². The van der Waals surface area contributed by atoms with E-state index in [9.17, 15) is 0 Å². The highest BCUT2D eigenvalue weighted by Crippen LogP contribution is 2.50. The van der Waals surface area contributed by atoms with Crippen molar-refractivity contribution in [1.82, 2.24) is 0 Å². The van der Waals surface area contributed by atoms with Gasteiger partial charge in [-0.3, -0.25) is 0 Å². The lowest BCUT2D eigenvalue weighted by Gasteiger charge is -2.30. The number of furan rings is 1. The van der Waals surface area contributed by atoms with Crippen molar-refractivity contribution in [2.24, 2.45) is 0 Å². The first-order chi connectivity index (χ1) is 24.3. The minimum Gasteiger partial charge on any atom is -0.455 e. The number of benzene rings is 8. The van der Waals surface area contributed by atoms with Gasteiger partial charge in [0.1, 0.15) is 11.2 Å². The second-order valence-corrected chi connectivity index (χ2v) is 13.5. The summed E-state index contributed by atoms with van der Waals surface area (Å²) < 4.78 is 9.21. The zero-order valence-corrected chi connectivity index (χ0v) is 27.3. The Labute approximate surface area is 287 Å². The van der Waals surface area contributed by atoms with Gasteiger partial charge in [-0.15, -0.1) is 11.3 Å². The van der Waals surface area contributed by atoms with Gasteiger partial charge in [-0.1, -0.05) is 140 Å². The highest BCUT2D eigenvalue weighted by Gasteiger charge is 2.24. The van der Waals surface area contributed by atoms with Gasteiger partial charge in [0.05, 0.1) is 21.8 Å². The van der Waals surface area contributed by atoms with Crippen LogP contribution < -0.4 is 4.90 Å². The van der Waals surface area contributed by atoms with E-state index >= 15 is 0 Å². The highest BCUT2D eigenvalue weighted by atomic mass is 32.1. The van der Waals surface area contributed by atoms with Gasteiger partial charge in [0.2, 0.25) is 0 Å². The van der Waals surface area contributed by atoms with Gasteiger partial charge in [0, 0.05) is 42.8 Å². The zero-order chi connectivity index (χ0) is 32.3. The zero-order valence-electron chi connectivity index (χ0n) is 26.5. The number of hydrogen-bond donors (Lipinski definition) is 0. The predicted molar refractivity (Wildman–Crippen MR) is 210 cm³/mol. The SMILES string of the molecule is c1ccc(-c2ccccc2N(c2ccccc2-c2cccc3oc4c5ccccc5ccc4c23)c2cccc3c2sc2ccccc23)cc1. The van der Waals surface area contributed by atoms with E-state index < -0.39 is 0 Å². The highest BCUT2D eigenvalue weighted by molar-refractivity contribution is 7.26. The molecule has 10 rings (SSSR count). The van der Waals surface area contributed by atoms with Crippen LogP contribution in [-0.2, 0) is 0 Å². The molecule has 0 bridgehead atoms. The molecule has 49 heavy (non-hydrogen) atoms. The summed E-state index contributed by atoms with van der Waals surface area (Å²) in [5, 5.41) is 7.12. The van der Waals surface area contributed by atoms with Crippen LogP contribution in [0, 0.1) is 0 Å². The molecule has 0 spiro atoms. The molecule has 230 valence electrons. The minimum atomic E-state index is 0.890. The lowest BCUT2D eigenvalue weighted by atomic mass is 9.95. The Morgan fingerprint density at radius 3 is 1.92 bits per heavy atom. The standard InChI is InChI=1S/C46H29NOS/c1-2-14-30(15-3-1)32-17-6-9-23-39(32)47(41-25-12-22-37-35-20-8-11-27-43(35)49-46(37)41)40-24-10-7-19-34(40)36-21-13-26-42-44(36)38-29-28-31-16-4-5-18-33(31)45(38)48-42/h1-29H. The van der Waals surface area contributed by atoms with Crippen LogP contribution in [0.5, 0.6) is 0 Å². The van der Waals surface area contributed by atoms with E-state index in [4.69, 9.17) is 4.42 Å². The fourth-order valence-electron chi connectivity index (χ4n) is 7.50. The maximum atomic E-state index is 6.65. The molecule has 0 unspecified atom stereocenters. The lowest BCUT2D eigenvalue weighted by Crippen LogP contribution is -2.12. The van der Waals surface area contributed by atoms with Crippen molar-refractivity contribution in [2.45, 2.75) is 0 Å². The third-order valence-electron chi connectivity index (χ3n) is 9.68. The third kappa shape index (κ3) is 4.40. The molecule has 2 aromatic heterocycles. The van der Waals surface area contributed by atoms with Crippen molar-refractivity contribution in [3.8, 4) is 22.3 Å². The first kappa shape index (κ1) is 27.9. The van der Waals surface area contributed by atoms with Crippen LogP contribution in [-0.4, -0.2) is 0 Å². The molecule has 3 heteroatoms. The van der Waals surface area contributed by atoms with Crippen molar-refractivity contribution in [2.75, 3.05) is 4.90 Å². The van der Waals surface area contributed by atoms with Crippen molar-refractivity contribution in [3.63, 3.8) is 0 Å². The number of para-hydroxylation sites is 2. The maximum absolute atomic E-state index is 6.65. The van der Waals surface area contributed by atoms with Crippen LogP contribution in [0.25, 0.3) is 75.1 Å². The molecular weight excluding hydrogens is 615 g/mol. The Morgan fingerprint density at radius 1 is 0.408 bits per heavy atom. The van der Waals surface area contributed by atoms with Gasteiger partial charge in [-0.2, -0.15) is 0 Å². The molecule has 0 atom stereocenters. The van der Waals surface area contributed by atoms with E-state index in [1.165, 1.54) is 36.7 Å². The van der Waals surface area contributed by atoms with Crippen molar-refractivity contribution < 1.29 is 4.42 Å². The van der Waals surface area contributed by atoms with Crippen LogP contribution in [0.2, 0.25) is 0 Å². The molecule has 2 heterocycles. The number of hydrogen-bond acceptors (Lipinski definition) is 3. The molecule has 0 amide bonds. The molecular formula is C46H29NOS. The molecule has 8 aromatic carbocycles. The summed E-state index contributed by atoms with van der Waals surface area (Å²) in [5.41, 5.74) is 9.86. The summed E-state index contributed by atoms with van der Waals surface area (Å²) in [5.74, 6) is 0. The Kier molecular flexibility index (Phi) is 6.39. The molecule has 2 nitrogen and oxygen atoms in total. The Balaban J connectivity index is 1.29. The van der Waals surface area contributed by atoms with Crippen LogP contribution in [0.4, 0.5) is 17.1 Å². The average Bonchev–Trinajstić information content (AvgIpc) is 3.75. The molecule has 0 fully saturated rings. The fourth-order valence-corrected chi connectivity index (χ4v) is 8.71. The van der Waals surface area contributed by atoms with E-state index in [0.29, 0.717) is 0 Å². The molecule has 0 radical (unpaired) electrons. The predicted octanol–water partition coefficient (Wildman–Crippen LogP) is 13.9. The van der Waals surface area contributed by atoms with Gasteiger partial charge < -0.3 is 9.32 Å². The smallest absolute Gasteiger partial charge is 0.143 e.